The zero-order valence-corrected chi connectivity index (χ0v) is 19.0. The van der Waals surface area contributed by atoms with Gasteiger partial charge in [-0.2, -0.15) is 0 Å². The molecule has 1 aliphatic carbocycles. The third-order valence-electron chi connectivity index (χ3n) is 6.09. The second kappa shape index (κ2) is 10.1. The van der Waals surface area contributed by atoms with Gasteiger partial charge in [0.2, 0.25) is 0 Å². The van der Waals surface area contributed by atoms with Crippen molar-refractivity contribution in [2.45, 2.75) is 0 Å². The Kier molecular flexibility index (Phi) is 6.60. The van der Waals surface area contributed by atoms with Gasteiger partial charge in [-0.3, -0.25) is 9.59 Å². The minimum atomic E-state index is -0.141. The molecule has 0 bridgehead atoms. The number of anilines is 2. The minimum absolute atomic E-state index is 0.141. The van der Waals surface area contributed by atoms with E-state index in [4.69, 9.17) is 9.47 Å². The van der Waals surface area contributed by atoms with Crippen LogP contribution in [-0.4, -0.2) is 74.2 Å². The van der Waals surface area contributed by atoms with Crippen molar-refractivity contribution in [1.29, 1.82) is 0 Å². The minimum Gasteiger partial charge on any atom is -0.381 e. The van der Waals surface area contributed by atoms with E-state index in [1.807, 2.05) is 36.7 Å². The number of carbonyl (C=O) groups is 2. The molecule has 5 rings (SSSR count). The van der Waals surface area contributed by atoms with Gasteiger partial charge < -0.3 is 29.9 Å². The molecule has 2 N–H and O–H groups in total. The van der Waals surface area contributed by atoms with Crippen LogP contribution in [0, 0.1) is 0 Å². The third kappa shape index (κ3) is 4.55. The Bertz CT molecular complexity index is 1040. The molecule has 3 aliphatic rings. The molecular weight excluding hydrogens is 432 g/mol. The number of fused-ring (bicyclic) bond motifs is 2. The van der Waals surface area contributed by atoms with Gasteiger partial charge >= 0.3 is 0 Å². The maximum atomic E-state index is 13.5. The Morgan fingerprint density at radius 1 is 0.735 bits per heavy atom. The molecule has 0 aromatic heterocycles. The zero-order valence-electron chi connectivity index (χ0n) is 19.0. The summed E-state index contributed by atoms with van der Waals surface area (Å²) in [5.74, 6) is -0.281. The molecule has 0 saturated carbocycles. The van der Waals surface area contributed by atoms with Crippen molar-refractivity contribution in [3.63, 3.8) is 0 Å². The predicted molar refractivity (Wildman–Crippen MR) is 130 cm³/mol. The molecule has 0 atom stereocenters. The molecule has 34 heavy (non-hydrogen) atoms. The van der Waals surface area contributed by atoms with Crippen LogP contribution < -0.4 is 10.6 Å². The smallest absolute Gasteiger partial charge is 0.196 e. The Hall–Kier alpha value is -3.62. The van der Waals surface area contributed by atoms with E-state index in [-0.39, 0.29) is 11.6 Å². The number of nitrogens with zero attached hydrogens (tertiary/aromatic N) is 2. The summed E-state index contributed by atoms with van der Waals surface area (Å²) in [7, 11) is 0. The van der Waals surface area contributed by atoms with Crippen LogP contribution in [0.15, 0.2) is 61.0 Å². The molecule has 2 saturated heterocycles. The molecule has 2 aromatic carbocycles. The van der Waals surface area contributed by atoms with Crippen LogP contribution in [0.1, 0.15) is 31.8 Å². The first-order chi connectivity index (χ1) is 16.7. The van der Waals surface area contributed by atoms with Crippen LogP contribution in [0.25, 0.3) is 0 Å². The van der Waals surface area contributed by atoms with Crippen LogP contribution in [-0.2, 0) is 9.47 Å². The van der Waals surface area contributed by atoms with Gasteiger partial charge in [-0.15, -0.1) is 0 Å². The van der Waals surface area contributed by atoms with Crippen molar-refractivity contribution in [1.82, 2.24) is 9.80 Å². The normalized spacial score (nSPS) is 17.6. The SMILES string of the molecule is O=C1c2ccccc2C(=O)c2c(NCC=CN3CCOC3)ccc(NCC=CN3CCOC3)c21. The first-order valence-corrected chi connectivity index (χ1v) is 11.5. The van der Waals surface area contributed by atoms with Gasteiger partial charge in [-0.1, -0.05) is 24.3 Å². The van der Waals surface area contributed by atoms with Crippen molar-refractivity contribution in [2.24, 2.45) is 0 Å². The number of ketones is 2. The monoisotopic (exact) mass is 460 g/mol. The highest BCUT2D eigenvalue weighted by Crippen LogP contribution is 2.36. The van der Waals surface area contributed by atoms with Gasteiger partial charge in [0, 0.05) is 48.7 Å². The van der Waals surface area contributed by atoms with E-state index in [0.29, 0.717) is 60.2 Å². The summed E-state index contributed by atoms with van der Waals surface area (Å²) in [6, 6.07) is 10.7. The van der Waals surface area contributed by atoms with E-state index in [2.05, 4.69) is 20.4 Å². The average Bonchev–Trinajstić information content (AvgIpc) is 3.58. The average molecular weight is 461 g/mol. The first kappa shape index (κ1) is 22.2. The second-order valence-electron chi connectivity index (χ2n) is 8.35. The molecule has 2 aliphatic heterocycles. The largest absolute Gasteiger partial charge is 0.381 e. The molecule has 0 radical (unpaired) electrons. The number of carbonyl (C=O) groups excluding carboxylic acids is 2. The molecule has 0 unspecified atom stereocenters. The summed E-state index contributed by atoms with van der Waals surface area (Å²) >= 11 is 0. The summed E-state index contributed by atoms with van der Waals surface area (Å²) in [5, 5.41) is 6.64. The first-order valence-electron chi connectivity index (χ1n) is 11.5. The van der Waals surface area contributed by atoms with Crippen molar-refractivity contribution in [2.75, 3.05) is 63.5 Å². The van der Waals surface area contributed by atoms with Gasteiger partial charge in [-0.25, -0.2) is 0 Å². The van der Waals surface area contributed by atoms with Crippen LogP contribution >= 0.6 is 0 Å². The lowest BCUT2D eigenvalue weighted by atomic mass is 9.82. The van der Waals surface area contributed by atoms with Crippen molar-refractivity contribution >= 4 is 22.9 Å². The summed E-state index contributed by atoms with van der Waals surface area (Å²) < 4.78 is 10.7. The molecule has 176 valence electrons. The lowest BCUT2D eigenvalue weighted by Crippen LogP contribution is -2.24. The fourth-order valence-electron chi connectivity index (χ4n) is 4.35. The number of benzene rings is 2. The lowest BCUT2D eigenvalue weighted by molar-refractivity contribution is 0.0980. The number of hydrogen-bond acceptors (Lipinski definition) is 8. The summed E-state index contributed by atoms with van der Waals surface area (Å²) in [6.07, 6.45) is 7.96. The van der Waals surface area contributed by atoms with Crippen LogP contribution in [0.4, 0.5) is 11.4 Å². The topological polar surface area (TPSA) is 83.1 Å². The van der Waals surface area contributed by atoms with E-state index >= 15 is 0 Å². The van der Waals surface area contributed by atoms with Crippen molar-refractivity contribution in [3.8, 4) is 0 Å². The molecule has 2 heterocycles. The molecule has 2 fully saturated rings. The van der Waals surface area contributed by atoms with Crippen LogP contribution in [0.5, 0.6) is 0 Å². The maximum Gasteiger partial charge on any atom is 0.196 e. The zero-order chi connectivity index (χ0) is 23.3. The number of ether oxygens (including phenoxy) is 2. The highest BCUT2D eigenvalue weighted by molar-refractivity contribution is 6.31. The molecule has 2 aromatic rings. The fourth-order valence-corrected chi connectivity index (χ4v) is 4.35. The molecular formula is C26H28N4O4. The van der Waals surface area contributed by atoms with E-state index in [1.165, 1.54) is 0 Å². The Labute approximate surface area is 198 Å². The molecule has 8 heteroatoms. The van der Waals surface area contributed by atoms with E-state index in [9.17, 15) is 9.59 Å². The van der Waals surface area contributed by atoms with Crippen molar-refractivity contribution < 1.29 is 19.1 Å². The van der Waals surface area contributed by atoms with Gasteiger partial charge in [0.05, 0.1) is 24.3 Å². The Morgan fingerprint density at radius 3 is 1.62 bits per heavy atom. The summed E-state index contributed by atoms with van der Waals surface area (Å²) in [4.78, 5) is 31.1. The fraction of sp³-hybridized carbons (Fsp3) is 0.308. The molecule has 0 amide bonds. The third-order valence-corrected chi connectivity index (χ3v) is 6.09. The summed E-state index contributed by atoms with van der Waals surface area (Å²) in [5.41, 5.74) is 3.03. The number of rotatable bonds is 8. The highest BCUT2D eigenvalue weighted by Gasteiger charge is 2.33. The van der Waals surface area contributed by atoms with Crippen molar-refractivity contribution in [3.05, 3.63) is 83.2 Å². The Morgan fingerprint density at radius 2 is 1.21 bits per heavy atom. The highest BCUT2D eigenvalue weighted by atomic mass is 16.5. The number of nitrogens with one attached hydrogen (secondary N) is 2. The lowest BCUT2D eigenvalue weighted by Gasteiger charge is -2.23. The van der Waals surface area contributed by atoms with Crippen LogP contribution in [0.3, 0.4) is 0 Å². The standard InChI is InChI=1S/C26H28N4O4/c31-25-19-5-1-2-6-20(19)26(32)24-22(28-10-4-12-30-14-16-34-18-30)8-7-21(23(24)25)27-9-3-11-29-13-15-33-17-29/h1-8,11-12,27-28H,9-10,13-18H2. The maximum absolute atomic E-state index is 13.5. The predicted octanol–water partition coefficient (Wildman–Crippen LogP) is 2.89. The van der Waals surface area contributed by atoms with Gasteiger partial charge in [-0.05, 0) is 36.7 Å². The van der Waals surface area contributed by atoms with Gasteiger partial charge in [0.25, 0.3) is 0 Å². The second-order valence-corrected chi connectivity index (χ2v) is 8.35. The van der Waals surface area contributed by atoms with E-state index < -0.39 is 0 Å². The molecule has 0 spiro atoms. The Balaban J connectivity index is 1.39. The quantitative estimate of drug-likeness (QED) is 0.531. The summed E-state index contributed by atoms with van der Waals surface area (Å²) in [6.45, 7) is 5.45. The van der Waals surface area contributed by atoms with E-state index in [1.54, 1.807) is 24.3 Å². The van der Waals surface area contributed by atoms with E-state index in [0.717, 1.165) is 26.3 Å². The van der Waals surface area contributed by atoms with Gasteiger partial charge in [0.1, 0.15) is 13.5 Å². The molecule has 8 nitrogen and oxygen atoms in total. The number of hydrogen-bond donors (Lipinski definition) is 2. The van der Waals surface area contributed by atoms with Crippen LogP contribution in [0.2, 0.25) is 0 Å². The van der Waals surface area contributed by atoms with Gasteiger partial charge in [0.15, 0.2) is 11.6 Å².